The van der Waals surface area contributed by atoms with Gasteiger partial charge in [-0.05, 0) is 24.3 Å². The average Bonchev–Trinajstić information content (AvgIpc) is 2.76. The lowest BCUT2D eigenvalue weighted by Gasteiger charge is -2.11. The highest BCUT2D eigenvalue weighted by atomic mass is 35.7. The van der Waals surface area contributed by atoms with Crippen LogP contribution in [0.1, 0.15) is 5.56 Å². The molecular formula is C10H5ClF4N2O2S. The van der Waals surface area contributed by atoms with Gasteiger partial charge in [0.25, 0.3) is 9.05 Å². The van der Waals surface area contributed by atoms with Crippen LogP contribution in [0.15, 0.2) is 35.5 Å². The summed E-state index contributed by atoms with van der Waals surface area (Å²) in [5.74, 6) is -1.07. The molecule has 0 radical (unpaired) electrons. The first kappa shape index (κ1) is 14.8. The molecule has 1 aromatic carbocycles. The van der Waals surface area contributed by atoms with Gasteiger partial charge < -0.3 is 0 Å². The molecule has 0 aliphatic rings. The van der Waals surface area contributed by atoms with Crippen molar-refractivity contribution in [2.45, 2.75) is 11.2 Å². The number of alkyl halides is 3. The first-order chi connectivity index (χ1) is 9.10. The third-order valence-electron chi connectivity index (χ3n) is 2.36. The van der Waals surface area contributed by atoms with Gasteiger partial charge in [0.05, 0.1) is 11.8 Å². The van der Waals surface area contributed by atoms with Crippen molar-refractivity contribution in [3.05, 3.63) is 41.8 Å². The van der Waals surface area contributed by atoms with E-state index in [0.717, 1.165) is 12.3 Å². The van der Waals surface area contributed by atoms with Gasteiger partial charge in [-0.25, -0.2) is 17.5 Å². The maximum absolute atomic E-state index is 13.6. The number of nitrogens with zero attached hydrogens (tertiary/aromatic N) is 2. The molecule has 0 saturated heterocycles. The Labute approximate surface area is 115 Å². The van der Waals surface area contributed by atoms with E-state index in [2.05, 4.69) is 5.10 Å². The summed E-state index contributed by atoms with van der Waals surface area (Å²) in [5.41, 5.74) is -1.80. The molecule has 2 aromatic rings. The Morgan fingerprint density at radius 2 is 1.85 bits per heavy atom. The molecule has 1 heterocycles. The molecule has 108 valence electrons. The highest BCUT2D eigenvalue weighted by molar-refractivity contribution is 8.13. The van der Waals surface area contributed by atoms with Crippen molar-refractivity contribution in [1.82, 2.24) is 9.78 Å². The molecule has 0 amide bonds. The van der Waals surface area contributed by atoms with Crippen LogP contribution >= 0.6 is 10.7 Å². The van der Waals surface area contributed by atoms with E-state index >= 15 is 0 Å². The lowest BCUT2D eigenvalue weighted by molar-refractivity contribution is -0.137. The number of rotatable bonds is 2. The van der Waals surface area contributed by atoms with Gasteiger partial charge in [0.1, 0.15) is 11.5 Å². The fourth-order valence-corrected chi connectivity index (χ4v) is 2.43. The predicted molar refractivity (Wildman–Crippen MR) is 61.6 cm³/mol. The molecule has 20 heavy (non-hydrogen) atoms. The van der Waals surface area contributed by atoms with E-state index in [1.54, 1.807) is 0 Å². The normalized spacial score (nSPS) is 12.7. The Morgan fingerprint density at radius 3 is 2.40 bits per heavy atom. The van der Waals surface area contributed by atoms with Crippen molar-refractivity contribution in [1.29, 1.82) is 0 Å². The lowest BCUT2D eigenvalue weighted by Crippen LogP contribution is -2.10. The van der Waals surface area contributed by atoms with E-state index in [0.29, 0.717) is 22.9 Å². The fraction of sp³-hybridized carbons (Fsp3) is 0.100. The van der Waals surface area contributed by atoms with Crippen molar-refractivity contribution < 1.29 is 26.0 Å². The van der Waals surface area contributed by atoms with Crippen molar-refractivity contribution >= 4 is 19.7 Å². The fourth-order valence-electron chi connectivity index (χ4n) is 1.51. The molecule has 0 atom stereocenters. The zero-order valence-electron chi connectivity index (χ0n) is 9.40. The standard InChI is InChI=1S/C10H5ClF4N2O2S/c11-20(18,19)9-3-4-16-17(9)8-5-6(10(13,14)15)1-2-7(8)12/h1-5H. The molecule has 0 aliphatic heterocycles. The van der Waals surface area contributed by atoms with E-state index in [1.807, 2.05) is 0 Å². The van der Waals surface area contributed by atoms with E-state index < -0.39 is 37.3 Å². The Bertz CT molecular complexity index is 755. The van der Waals surface area contributed by atoms with Crippen LogP contribution in [0.3, 0.4) is 0 Å². The maximum atomic E-state index is 13.6. The van der Waals surface area contributed by atoms with E-state index in [4.69, 9.17) is 10.7 Å². The largest absolute Gasteiger partial charge is 0.416 e. The minimum Gasteiger partial charge on any atom is -0.218 e. The second kappa shape index (κ2) is 4.74. The van der Waals surface area contributed by atoms with Gasteiger partial charge in [0, 0.05) is 10.7 Å². The van der Waals surface area contributed by atoms with Crippen LogP contribution < -0.4 is 0 Å². The third-order valence-corrected chi connectivity index (χ3v) is 3.64. The first-order valence-electron chi connectivity index (χ1n) is 4.96. The summed E-state index contributed by atoms with van der Waals surface area (Å²) < 4.78 is 74.3. The topological polar surface area (TPSA) is 52.0 Å². The number of hydrogen-bond acceptors (Lipinski definition) is 3. The molecular weight excluding hydrogens is 324 g/mol. The van der Waals surface area contributed by atoms with Crippen molar-refractivity contribution in [2.75, 3.05) is 0 Å². The van der Waals surface area contributed by atoms with Gasteiger partial charge in [-0.15, -0.1) is 0 Å². The van der Waals surface area contributed by atoms with Gasteiger partial charge >= 0.3 is 6.18 Å². The minimum absolute atomic E-state index is 0.452. The summed E-state index contributed by atoms with van der Waals surface area (Å²) in [6.45, 7) is 0. The second-order valence-electron chi connectivity index (χ2n) is 3.68. The number of halogens is 5. The molecule has 0 saturated carbocycles. The molecule has 0 bridgehead atoms. The van der Waals surface area contributed by atoms with Crippen LogP contribution in [0.4, 0.5) is 17.6 Å². The van der Waals surface area contributed by atoms with Crippen molar-refractivity contribution in [2.24, 2.45) is 0 Å². The number of aromatic nitrogens is 2. The molecule has 0 aliphatic carbocycles. The van der Waals surface area contributed by atoms with E-state index in [9.17, 15) is 26.0 Å². The van der Waals surface area contributed by atoms with Crippen molar-refractivity contribution in [3.8, 4) is 5.69 Å². The molecule has 10 heteroatoms. The third kappa shape index (κ3) is 2.78. The summed E-state index contributed by atoms with van der Waals surface area (Å²) in [6, 6.07) is 2.51. The predicted octanol–water partition coefficient (Wildman–Crippen LogP) is 2.96. The summed E-state index contributed by atoms with van der Waals surface area (Å²) in [7, 11) is 0.825. The number of hydrogen-bond donors (Lipinski definition) is 0. The quantitative estimate of drug-likeness (QED) is 0.629. The summed E-state index contributed by atoms with van der Waals surface area (Å²) in [5, 5.41) is 2.86. The monoisotopic (exact) mass is 328 g/mol. The molecule has 0 unspecified atom stereocenters. The Morgan fingerprint density at radius 1 is 1.20 bits per heavy atom. The Hall–Kier alpha value is -1.61. The smallest absolute Gasteiger partial charge is 0.218 e. The highest BCUT2D eigenvalue weighted by Crippen LogP contribution is 2.32. The van der Waals surface area contributed by atoms with Crippen molar-refractivity contribution in [3.63, 3.8) is 0 Å². The molecule has 0 spiro atoms. The van der Waals surface area contributed by atoms with Crippen LogP contribution in [0.2, 0.25) is 0 Å². The van der Waals surface area contributed by atoms with Crippen LogP contribution in [-0.2, 0) is 15.2 Å². The maximum Gasteiger partial charge on any atom is 0.416 e. The molecule has 0 N–H and O–H groups in total. The zero-order chi connectivity index (χ0) is 15.1. The number of benzene rings is 1. The van der Waals surface area contributed by atoms with Gasteiger partial charge in [0.15, 0.2) is 5.03 Å². The minimum atomic E-state index is -4.70. The van der Waals surface area contributed by atoms with Gasteiger partial charge in [-0.2, -0.15) is 18.3 Å². The summed E-state index contributed by atoms with van der Waals surface area (Å²) in [4.78, 5) is 0. The Balaban J connectivity index is 2.68. The van der Waals surface area contributed by atoms with E-state index in [-0.39, 0.29) is 0 Å². The van der Waals surface area contributed by atoms with Gasteiger partial charge in [-0.3, -0.25) is 0 Å². The molecule has 2 rings (SSSR count). The summed E-state index contributed by atoms with van der Waals surface area (Å²) >= 11 is 0. The molecule has 4 nitrogen and oxygen atoms in total. The lowest BCUT2D eigenvalue weighted by atomic mass is 10.2. The second-order valence-corrected chi connectivity index (χ2v) is 6.20. The van der Waals surface area contributed by atoms with Crippen LogP contribution in [0.25, 0.3) is 5.69 Å². The SMILES string of the molecule is O=S(=O)(Cl)c1ccnn1-c1cc(C(F)(F)F)ccc1F. The first-order valence-corrected chi connectivity index (χ1v) is 7.27. The zero-order valence-corrected chi connectivity index (χ0v) is 11.0. The van der Waals surface area contributed by atoms with E-state index in [1.165, 1.54) is 0 Å². The Kier molecular flexibility index (Phi) is 3.51. The summed E-state index contributed by atoms with van der Waals surface area (Å²) in [6.07, 6.45) is -3.72. The average molecular weight is 329 g/mol. The molecule has 0 fully saturated rings. The van der Waals surface area contributed by atoms with Crippen LogP contribution in [0.5, 0.6) is 0 Å². The highest BCUT2D eigenvalue weighted by Gasteiger charge is 2.32. The van der Waals surface area contributed by atoms with Gasteiger partial charge in [-0.1, -0.05) is 0 Å². The van der Waals surface area contributed by atoms with Gasteiger partial charge in [0.2, 0.25) is 0 Å². The molecule has 1 aromatic heterocycles. The van der Waals surface area contributed by atoms with Crippen LogP contribution in [-0.4, -0.2) is 18.2 Å². The van der Waals surface area contributed by atoms with Crippen LogP contribution in [0, 0.1) is 5.82 Å².